The summed E-state index contributed by atoms with van der Waals surface area (Å²) in [6.45, 7) is 5.69. The van der Waals surface area contributed by atoms with Crippen LogP contribution in [0.15, 0.2) is 24.3 Å². The van der Waals surface area contributed by atoms with Gasteiger partial charge >= 0.3 is 0 Å². The molecule has 2 heteroatoms. The molecule has 2 N–H and O–H groups in total. The van der Waals surface area contributed by atoms with E-state index < -0.39 is 0 Å². The van der Waals surface area contributed by atoms with E-state index in [-0.39, 0.29) is 11.5 Å². The summed E-state index contributed by atoms with van der Waals surface area (Å²) in [4.78, 5) is 0. The number of hydrogen-bond acceptors (Lipinski definition) is 2. The van der Waals surface area contributed by atoms with Crippen LogP contribution in [-0.4, -0.2) is 17.8 Å². The minimum absolute atomic E-state index is 0.104. The number of benzene rings is 1. The molecule has 3 atom stereocenters. The van der Waals surface area contributed by atoms with E-state index in [0.717, 1.165) is 13.0 Å². The zero-order valence-electron chi connectivity index (χ0n) is 13.4. The predicted octanol–water partition coefficient (Wildman–Crippen LogP) is 3.84. The van der Waals surface area contributed by atoms with Crippen LogP contribution in [-0.2, 0) is 6.42 Å². The van der Waals surface area contributed by atoms with Gasteiger partial charge < -0.3 is 10.4 Å². The van der Waals surface area contributed by atoms with E-state index in [1.165, 1.54) is 43.2 Å². The first-order valence-electron chi connectivity index (χ1n) is 8.57. The SMILES string of the molecule is CC1(C)CCc2ccccc2C1NCC1CCCCC1O. The summed E-state index contributed by atoms with van der Waals surface area (Å²) in [5, 5.41) is 14.0. The summed E-state index contributed by atoms with van der Waals surface area (Å²) in [7, 11) is 0. The number of rotatable bonds is 3. The van der Waals surface area contributed by atoms with E-state index in [9.17, 15) is 5.11 Å². The van der Waals surface area contributed by atoms with Crippen LogP contribution in [0.5, 0.6) is 0 Å². The van der Waals surface area contributed by atoms with Crippen molar-refractivity contribution in [3.05, 3.63) is 35.4 Å². The van der Waals surface area contributed by atoms with Crippen molar-refractivity contribution in [2.24, 2.45) is 11.3 Å². The van der Waals surface area contributed by atoms with Gasteiger partial charge in [-0.15, -0.1) is 0 Å². The third-order valence-electron chi connectivity index (χ3n) is 5.64. The van der Waals surface area contributed by atoms with E-state index in [0.29, 0.717) is 12.0 Å². The van der Waals surface area contributed by atoms with Gasteiger partial charge in [0.05, 0.1) is 6.10 Å². The molecule has 116 valence electrons. The minimum Gasteiger partial charge on any atom is -0.393 e. The first kappa shape index (κ1) is 15.1. The zero-order chi connectivity index (χ0) is 14.9. The average molecular weight is 287 g/mol. The first-order chi connectivity index (χ1) is 10.1. The van der Waals surface area contributed by atoms with Crippen molar-refractivity contribution in [1.29, 1.82) is 0 Å². The molecule has 0 radical (unpaired) electrons. The fourth-order valence-corrected chi connectivity index (χ4v) is 4.15. The average Bonchev–Trinajstić information content (AvgIpc) is 2.47. The molecule has 1 saturated carbocycles. The lowest BCUT2D eigenvalue weighted by atomic mass is 9.70. The Morgan fingerprint density at radius 2 is 1.95 bits per heavy atom. The largest absolute Gasteiger partial charge is 0.393 e. The topological polar surface area (TPSA) is 32.3 Å². The summed E-state index contributed by atoms with van der Waals surface area (Å²) in [6, 6.07) is 9.28. The highest BCUT2D eigenvalue weighted by Gasteiger charge is 2.36. The molecule has 0 aliphatic heterocycles. The van der Waals surface area contributed by atoms with E-state index in [1.54, 1.807) is 0 Å². The molecule has 0 aromatic heterocycles. The van der Waals surface area contributed by atoms with Crippen LogP contribution in [0.2, 0.25) is 0 Å². The standard InChI is InChI=1S/C19H29NO/c1-19(2)12-11-14-7-3-5-9-16(14)18(19)20-13-15-8-4-6-10-17(15)21/h3,5,7,9,15,17-18,20-21H,4,6,8,10-13H2,1-2H3. The molecular formula is C19H29NO. The van der Waals surface area contributed by atoms with Crippen molar-refractivity contribution >= 4 is 0 Å². The van der Waals surface area contributed by atoms with E-state index in [4.69, 9.17) is 0 Å². The van der Waals surface area contributed by atoms with E-state index in [1.807, 2.05) is 0 Å². The number of hydrogen-bond donors (Lipinski definition) is 2. The molecule has 1 aromatic carbocycles. The van der Waals surface area contributed by atoms with Gasteiger partial charge in [0.25, 0.3) is 0 Å². The summed E-state index contributed by atoms with van der Waals surface area (Å²) in [6.07, 6.45) is 6.93. The van der Waals surface area contributed by atoms with Gasteiger partial charge in [0.1, 0.15) is 0 Å². The van der Waals surface area contributed by atoms with Gasteiger partial charge in [0.15, 0.2) is 0 Å². The molecule has 21 heavy (non-hydrogen) atoms. The summed E-state index contributed by atoms with van der Waals surface area (Å²) >= 11 is 0. The molecule has 0 saturated heterocycles. The van der Waals surface area contributed by atoms with Crippen LogP contribution in [0.1, 0.15) is 63.1 Å². The van der Waals surface area contributed by atoms with Gasteiger partial charge in [-0.25, -0.2) is 0 Å². The van der Waals surface area contributed by atoms with Crippen LogP contribution < -0.4 is 5.32 Å². The molecule has 0 spiro atoms. The Kier molecular flexibility index (Phi) is 4.37. The second-order valence-corrected chi connectivity index (χ2v) is 7.64. The van der Waals surface area contributed by atoms with Crippen molar-refractivity contribution in [1.82, 2.24) is 5.32 Å². The van der Waals surface area contributed by atoms with Crippen molar-refractivity contribution < 1.29 is 5.11 Å². The quantitative estimate of drug-likeness (QED) is 0.885. The number of fused-ring (bicyclic) bond motifs is 1. The van der Waals surface area contributed by atoms with Crippen molar-refractivity contribution in [2.75, 3.05) is 6.54 Å². The Bertz CT molecular complexity index is 482. The number of aryl methyl sites for hydroxylation is 1. The number of aliphatic hydroxyl groups excluding tert-OH is 1. The Morgan fingerprint density at radius 1 is 1.19 bits per heavy atom. The first-order valence-corrected chi connectivity index (χ1v) is 8.57. The molecule has 2 aliphatic carbocycles. The summed E-state index contributed by atoms with van der Waals surface area (Å²) in [5.41, 5.74) is 3.26. The normalized spacial score (nSPS) is 31.7. The molecule has 3 rings (SSSR count). The highest BCUT2D eigenvalue weighted by atomic mass is 16.3. The molecule has 3 unspecified atom stereocenters. The molecule has 1 aromatic rings. The van der Waals surface area contributed by atoms with Crippen LogP contribution in [0.3, 0.4) is 0 Å². The maximum absolute atomic E-state index is 10.2. The predicted molar refractivity (Wildman–Crippen MR) is 87.3 cm³/mol. The molecule has 2 aliphatic rings. The second-order valence-electron chi connectivity index (χ2n) is 7.64. The number of aliphatic hydroxyl groups is 1. The Hall–Kier alpha value is -0.860. The second kappa shape index (κ2) is 6.10. The third kappa shape index (κ3) is 3.17. The fraction of sp³-hybridized carbons (Fsp3) is 0.684. The Morgan fingerprint density at radius 3 is 2.76 bits per heavy atom. The van der Waals surface area contributed by atoms with Gasteiger partial charge in [0, 0.05) is 12.6 Å². The maximum Gasteiger partial charge on any atom is 0.0580 e. The Labute approximate surface area is 129 Å². The van der Waals surface area contributed by atoms with Crippen molar-refractivity contribution in [3.8, 4) is 0 Å². The van der Waals surface area contributed by atoms with Gasteiger partial charge in [0.2, 0.25) is 0 Å². The highest BCUT2D eigenvalue weighted by Crippen LogP contribution is 2.43. The van der Waals surface area contributed by atoms with Gasteiger partial charge in [-0.3, -0.25) is 0 Å². The van der Waals surface area contributed by atoms with Crippen molar-refractivity contribution in [2.45, 2.75) is 64.5 Å². The van der Waals surface area contributed by atoms with Crippen molar-refractivity contribution in [3.63, 3.8) is 0 Å². The van der Waals surface area contributed by atoms with Crippen LogP contribution in [0, 0.1) is 11.3 Å². The van der Waals surface area contributed by atoms with Gasteiger partial charge in [-0.05, 0) is 48.1 Å². The van der Waals surface area contributed by atoms with Crippen LogP contribution >= 0.6 is 0 Å². The molecule has 2 nitrogen and oxygen atoms in total. The Balaban J connectivity index is 1.73. The highest BCUT2D eigenvalue weighted by molar-refractivity contribution is 5.34. The smallest absolute Gasteiger partial charge is 0.0580 e. The fourth-order valence-electron chi connectivity index (χ4n) is 4.15. The van der Waals surface area contributed by atoms with E-state index >= 15 is 0 Å². The molecule has 1 fully saturated rings. The lowest BCUT2D eigenvalue weighted by molar-refractivity contribution is 0.0632. The summed E-state index contributed by atoms with van der Waals surface area (Å²) in [5.74, 6) is 0.434. The summed E-state index contributed by atoms with van der Waals surface area (Å²) < 4.78 is 0. The lowest BCUT2D eigenvalue weighted by Gasteiger charge is -2.42. The molecular weight excluding hydrogens is 258 g/mol. The maximum atomic E-state index is 10.2. The number of nitrogens with one attached hydrogen (secondary N) is 1. The molecule has 0 heterocycles. The zero-order valence-corrected chi connectivity index (χ0v) is 13.4. The monoisotopic (exact) mass is 287 g/mol. The molecule has 0 amide bonds. The minimum atomic E-state index is -0.104. The molecule has 0 bridgehead atoms. The van der Waals surface area contributed by atoms with Crippen LogP contribution in [0.25, 0.3) is 0 Å². The van der Waals surface area contributed by atoms with E-state index in [2.05, 4.69) is 43.4 Å². The van der Waals surface area contributed by atoms with Crippen LogP contribution in [0.4, 0.5) is 0 Å². The third-order valence-corrected chi connectivity index (χ3v) is 5.64. The lowest BCUT2D eigenvalue weighted by Crippen LogP contribution is -2.42. The van der Waals surface area contributed by atoms with Gasteiger partial charge in [-0.1, -0.05) is 51.0 Å². The van der Waals surface area contributed by atoms with Gasteiger partial charge in [-0.2, -0.15) is 0 Å².